The predicted octanol–water partition coefficient (Wildman–Crippen LogP) is 1.31. The summed E-state index contributed by atoms with van der Waals surface area (Å²) in [7, 11) is 3.73. The minimum atomic E-state index is 0.736. The fraction of sp³-hybridized carbons (Fsp3) is 0.769. The van der Waals surface area contributed by atoms with E-state index in [0.29, 0.717) is 0 Å². The van der Waals surface area contributed by atoms with E-state index in [2.05, 4.69) is 36.1 Å². The molecule has 1 rings (SSSR count). The number of hydrogen-bond donors (Lipinski definition) is 1. The van der Waals surface area contributed by atoms with Gasteiger partial charge in [0.2, 0.25) is 0 Å². The van der Waals surface area contributed by atoms with Crippen LogP contribution in [0, 0.1) is 6.92 Å². The zero-order chi connectivity index (χ0) is 13.5. The van der Waals surface area contributed by atoms with Gasteiger partial charge in [0, 0.05) is 45.9 Å². The first-order valence-electron chi connectivity index (χ1n) is 6.62. The predicted molar refractivity (Wildman–Crippen MR) is 75.1 cm³/mol. The van der Waals surface area contributed by atoms with E-state index in [-0.39, 0.29) is 0 Å². The Hall–Kier alpha value is -1.07. The van der Waals surface area contributed by atoms with Crippen molar-refractivity contribution >= 4 is 5.82 Å². The van der Waals surface area contributed by atoms with Gasteiger partial charge in [0.15, 0.2) is 0 Å². The van der Waals surface area contributed by atoms with Crippen molar-refractivity contribution < 1.29 is 4.74 Å². The van der Waals surface area contributed by atoms with Crippen LogP contribution in [0.1, 0.15) is 25.1 Å². The summed E-state index contributed by atoms with van der Waals surface area (Å²) in [5, 5.41) is 7.93. The molecule has 5 heteroatoms. The second-order valence-electron chi connectivity index (χ2n) is 4.35. The molecule has 1 N–H and O–H groups in total. The van der Waals surface area contributed by atoms with Crippen LogP contribution in [-0.4, -0.2) is 43.1 Å². The molecule has 0 bridgehead atoms. The Morgan fingerprint density at radius 1 is 1.33 bits per heavy atom. The SMILES string of the molecule is CCN(CC)c1c(CNCCOC)c(C)nn1C. The van der Waals surface area contributed by atoms with Crippen molar-refractivity contribution in [1.82, 2.24) is 15.1 Å². The van der Waals surface area contributed by atoms with Crippen molar-refractivity contribution in [3.8, 4) is 0 Å². The van der Waals surface area contributed by atoms with E-state index in [9.17, 15) is 0 Å². The van der Waals surface area contributed by atoms with E-state index in [1.54, 1.807) is 7.11 Å². The zero-order valence-electron chi connectivity index (χ0n) is 12.3. The van der Waals surface area contributed by atoms with Gasteiger partial charge in [-0.3, -0.25) is 4.68 Å². The number of aromatic nitrogens is 2. The highest BCUT2D eigenvalue weighted by Gasteiger charge is 2.16. The van der Waals surface area contributed by atoms with E-state index in [4.69, 9.17) is 4.74 Å². The Morgan fingerprint density at radius 2 is 2.00 bits per heavy atom. The van der Waals surface area contributed by atoms with Gasteiger partial charge in [-0.2, -0.15) is 5.10 Å². The average molecular weight is 254 g/mol. The molecule has 0 amide bonds. The molecule has 0 saturated heterocycles. The first kappa shape index (κ1) is 15.0. The highest BCUT2D eigenvalue weighted by atomic mass is 16.5. The van der Waals surface area contributed by atoms with Crippen LogP contribution in [0.5, 0.6) is 0 Å². The summed E-state index contributed by atoms with van der Waals surface area (Å²) in [5.41, 5.74) is 2.39. The first-order chi connectivity index (χ1) is 8.65. The maximum Gasteiger partial charge on any atom is 0.131 e. The van der Waals surface area contributed by atoms with Crippen LogP contribution in [0.2, 0.25) is 0 Å². The van der Waals surface area contributed by atoms with Crippen LogP contribution in [-0.2, 0) is 18.3 Å². The zero-order valence-corrected chi connectivity index (χ0v) is 12.3. The molecular weight excluding hydrogens is 228 g/mol. The van der Waals surface area contributed by atoms with Gasteiger partial charge in [0.05, 0.1) is 12.3 Å². The molecule has 0 atom stereocenters. The van der Waals surface area contributed by atoms with Crippen LogP contribution < -0.4 is 10.2 Å². The van der Waals surface area contributed by atoms with E-state index in [1.807, 2.05) is 11.7 Å². The van der Waals surface area contributed by atoms with Crippen molar-refractivity contribution in [2.24, 2.45) is 7.05 Å². The monoisotopic (exact) mass is 254 g/mol. The Kier molecular flexibility index (Phi) is 6.15. The third-order valence-electron chi connectivity index (χ3n) is 3.16. The lowest BCUT2D eigenvalue weighted by Crippen LogP contribution is -2.27. The maximum absolute atomic E-state index is 5.04. The third-order valence-corrected chi connectivity index (χ3v) is 3.16. The fourth-order valence-electron chi connectivity index (χ4n) is 2.20. The minimum absolute atomic E-state index is 0.736. The number of anilines is 1. The Labute approximate surface area is 110 Å². The van der Waals surface area contributed by atoms with Gasteiger partial charge in [-0.25, -0.2) is 0 Å². The highest BCUT2D eigenvalue weighted by molar-refractivity contribution is 5.50. The van der Waals surface area contributed by atoms with Crippen molar-refractivity contribution in [3.05, 3.63) is 11.3 Å². The second kappa shape index (κ2) is 7.38. The van der Waals surface area contributed by atoms with Gasteiger partial charge in [0.25, 0.3) is 0 Å². The summed E-state index contributed by atoms with van der Waals surface area (Å²) in [6.07, 6.45) is 0. The topological polar surface area (TPSA) is 42.3 Å². The van der Waals surface area contributed by atoms with Crippen molar-refractivity contribution in [3.63, 3.8) is 0 Å². The van der Waals surface area contributed by atoms with Gasteiger partial charge < -0.3 is 15.0 Å². The summed E-state index contributed by atoms with van der Waals surface area (Å²) in [6.45, 7) is 10.9. The van der Waals surface area contributed by atoms with Crippen LogP contribution >= 0.6 is 0 Å². The van der Waals surface area contributed by atoms with Gasteiger partial charge >= 0.3 is 0 Å². The molecule has 104 valence electrons. The summed E-state index contributed by atoms with van der Waals surface area (Å²) >= 11 is 0. The summed E-state index contributed by atoms with van der Waals surface area (Å²) in [4.78, 5) is 2.34. The molecule has 0 radical (unpaired) electrons. The number of aryl methyl sites for hydroxylation is 2. The molecule has 0 spiro atoms. The number of ether oxygens (including phenoxy) is 1. The van der Waals surface area contributed by atoms with Crippen LogP contribution in [0.25, 0.3) is 0 Å². The molecule has 0 aliphatic heterocycles. The Morgan fingerprint density at radius 3 is 2.56 bits per heavy atom. The molecule has 0 aromatic carbocycles. The number of nitrogens with zero attached hydrogens (tertiary/aromatic N) is 3. The standard InChI is InChI=1S/C13H26N4O/c1-6-17(7-2)13-12(10-14-8-9-18-5)11(3)15-16(13)4/h14H,6-10H2,1-5H3. The molecule has 1 aromatic rings. The van der Waals surface area contributed by atoms with Gasteiger partial charge in [-0.05, 0) is 20.8 Å². The molecule has 1 heterocycles. The lowest BCUT2D eigenvalue weighted by atomic mass is 10.2. The maximum atomic E-state index is 5.04. The van der Waals surface area contributed by atoms with Gasteiger partial charge in [-0.15, -0.1) is 0 Å². The summed E-state index contributed by atoms with van der Waals surface area (Å²) < 4.78 is 7.02. The molecule has 0 unspecified atom stereocenters. The van der Waals surface area contributed by atoms with Gasteiger partial charge in [-0.1, -0.05) is 0 Å². The van der Waals surface area contributed by atoms with E-state index in [1.165, 1.54) is 11.4 Å². The fourth-order valence-corrected chi connectivity index (χ4v) is 2.20. The van der Waals surface area contributed by atoms with E-state index < -0.39 is 0 Å². The molecule has 0 saturated carbocycles. The molecule has 0 aliphatic carbocycles. The van der Waals surface area contributed by atoms with E-state index >= 15 is 0 Å². The van der Waals surface area contributed by atoms with Crippen molar-refractivity contribution in [2.75, 3.05) is 38.3 Å². The first-order valence-corrected chi connectivity index (χ1v) is 6.62. The largest absolute Gasteiger partial charge is 0.383 e. The van der Waals surface area contributed by atoms with Gasteiger partial charge in [0.1, 0.15) is 5.82 Å². The second-order valence-corrected chi connectivity index (χ2v) is 4.35. The number of rotatable bonds is 8. The molecule has 0 aliphatic rings. The van der Waals surface area contributed by atoms with Crippen LogP contribution in [0.4, 0.5) is 5.82 Å². The lowest BCUT2D eigenvalue weighted by molar-refractivity contribution is 0.199. The van der Waals surface area contributed by atoms with Crippen LogP contribution in [0.15, 0.2) is 0 Å². The lowest BCUT2D eigenvalue weighted by Gasteiger charge is -2.22. The smallest absolute Gasteiger partial charge is 0.131 e. The highest BCUT2D eigenvalue weighted by Crippen LogP contribution is 2.22. The number of hydrogen-bond acceptors (Lipinski definition) is 4. The van der Waals surface area contributed by atoms with E-state index in [0.717, 1.165) is 38.5 Å². The molecular formula is C13H26N4O. The van der Waals surface area contributed by atoms with Crippen molar-refractivity contribution in [2.45, 2.75) is 27.3 Å². The minimum Gasteiger partial charge on any atom is -0.383 e. The third kappa shape index (κ3) is 3.46. The normalized spacial score (nSPS) is 10.9. The Balaban J connectivity index is 2.81. The van der Waals surface area contributed by atoms with Crippen molar-refractivity contribution in [1.29, 1.82) is 0 Å². The molecule has 1 aromatic heterocycles. The number of nitrogens with one attached hydrogen (secondary N) is 1. The molecule has 18 heavy (non-hydrogen) atoms. The summed E-state index contributed by atoms with van der Waals surface area (Å²) in [6, 6.07) is 0. The quantitative estimate of drug-likeness (QED) is 0.710. The molecule has 5 nitrogen and oxygen atoms in total. The molecule has 0 fully saturated rings. The average Bonchev–Trinajstić information content (AvgIpc) is 2.63. The Bertz CT molecular complexity index is 358. The number of methoxy groups -OCH3 is 1. The van der Waals surface area contributed by atoms with Crippen LogP contribution in [0.3, 0.4) is 0 Å². The summed E-state index contributed by atoms with van der Waals surface area (Å²) in [5.74, 6) is 1.22.